The van der Waals surface area contributed by atoms with E-state index in [1.54, 1.807) is 17.0 Å². The smallest absolute Gasteiger partial charge is 0.289 e. The second-order valence-electron chi connectivity index (χ2n) is 6.39. The van der Waals surface area contributed by atoms with Crippen molar-refractivity contribution in [1.29, 1.82) is 0 Å². The van der Waals surface area contributed by atoms with Gasteiger partial charge in [0.1, 0.15) is 12.6 Å². The lowest BCUT2D eigenvalue weighted by Crippen LogP contribution is -2.51. The molecule has 24 heavy (non-hydrogen) atoms. The topological polar surface area (TPSA) is 38.7 Å². The molecule has 136 valence electrons. The van der Waals surface area contributed by atoms with Crippen LogP contribution >= 0.6 is 12.4 Å². The van der Waals surface area contributed by atoms with Crippen molar-refractivity contribution in [2.45, 2.75) is 24.8 Å². The first-order valence-electron chi connectivity index (χ1n) is 8.40. The number of nitrogens with zero attached hydrogens (tertiary/aromatic N) is 2. The first-order valence-corrected chi connectivity index (χ1v) is 8.40. The molecular formula is C17H26ClF2N3O. The highest BCUT2D eigenvalue weighted by atomic mass is 35.5. The Morgan fingerprint density at radius 1 is 1.04 bits per heavy atom. The average Bonchev–Trinajstić information content (AvgIpc) is 3.11. The average molecular weight is 362 g/mol. The molecule has 1 atom stereocenters. The summed E-state index contributed by atoms with van der Waals surface area (Å²) < 4.78 is 28.7. The first kappa shape index (κ1) is 19.4. The van der Waals surface area contributed by atoms with Crippen LogP contribution in [0.1, 0.15) is 24.4 Å². The summed E-state index contributed by atoms with van der Waals surface area (Å²) in [6.45, 7) is 3.46. The third kappa shape index (κ3) is 4.17. The lowest BCUT2D eigenvalue weighted by molar-refractivity contribution is -0.118. The van der Waals surface area contributed by atoms with Gasteiger partial charge in [-0.3, -0.25) is 4.90 Å². The van der Waals surface area contributed by atoms with Crippen LogP contribution in [0.5, 0.6) is 0 Å². The molecule has 3 rings (SSSR count). The zero-order valence-corrected chi connectivity index (χ0v) is 14.6. The molecule has 0 radical (unpaired) electrons. The third-order valence-electron chi connectivity index (χ3n) is 4.81. The van der Waals surface area contributed by atoms with Crippen LogP contribution in [0.3, 0.4) is 0 Å². The molecule has 2 aliphatic heterocycles. The van der Waals surface area contributed by atoms with Gasteiger partial charge in [-0.15, -0.1) is 12.4 Å². The van der Waals surface area contributed by atoms with Crippen LogP contribution < -0.4 is 10.2 Å². The van der Waals surface area contributed by atoms with Gasteiger partial charge in [0.2, 0.25) is 0 Å². The monoisotopic (exact) mass is 361 g/mol. The minimum atomic E-state index is -3.15. The van der Waals surface area contributed by atoms with Gasteiger partial charge in [0.25, 0.3) is 5.92 Å². The molecule has 2 aliphatic rings. The summed E-state index contributed by atoms with van der Waals surface area (Å²) in [7, 11) is 0. The molecular weight excluding hydrogens is 336 g/mol. The van der Waals surface area contributed by atoms with E-state index < -0.39 is 18.6 Å². The minimum Gasteiger partial charge on any atom is -0.390 e. The van der Waals surface area contributed by atoms with Crippen LogP contribution in [-0.2, 0) is 0 Å². The second-order valence-corrected chi connectivity index (χ2v) is 6.39. The number of piperazine rings is 1. The fraction of sp³-hybridized carbons (Fsp3) is 0.647. The van der Waals surface area contributed by atoms with Crippen molar-refractivity contribution < 1.29 is 13.9 Å². The number of hydrogen-bond donors (Lipinski definition) is 2. The Labute approximate surface area is 148 Å². The predicted octanol–water partition coefficient (Wildman–Crippen LogP) is 2.28. The highest BCUT2D eigenvalue weighted by Crippen LogP contribution is 2.37. The van der Waals surface area contributed by atoms with E-state index in [4.69, 9.17) is 0 Å². The maximum absolute atomic E-state index is 14.4. The molecule has 0 unspecified atom stereocenters. The summed E-state index contributed by atoms with van der Waals surface area (Å²) in [4.78, 5) is 4.06. The molecule has 2 saturated heterocycles. The predicted molar refractivity (Wildman–Crippen MR) is 94.4 cm³/mol. The van der Waals surface area contributed by atoms with Crippen molar-refractivity contribution in [3.05, 3.63) is 29.8 Å². The van der Waals surface area contributed by atoms with Crippen LogP contribution in [0, 0.1) is 0 Å². The molecule has 0 aromatic heterocycles. The summed E-state index contributed by atoms with van der Waals surface area (Å²) in [6, 6.07) is 6.39. The zero-order chi connectivity index (χ0) is 16.3. The standard InChI is InChI=1S/C17H25F2N3O.ClH/c18-17(19,13-23)16(22-11-7-20-8-12-22)14-3-5-15(6-4-14)21-9-1-2-10-21;/h3-6,16,20,23H,1-2,7-13H2;1H/t16-;/m0./s1. The Morgan fingerprint density at radius 3 is 2.17 bits per heavy atom. The maximum Gasteiger partial charge on any atom is 0.289 e. The molecule has 0 bridgehead atoms. The number of nitrogens with one attached hydrogen (secondary N) is 1. The van der Waals surface area contributed by atoms with Crippen LogP contribution in [0.25, 0.3) is 0 Å². The molecule has 1 aromatic rings. The molecule has 1 aromatic carbocycles. The molecule has 0 aliphatic carbocycles. The van der Waals surface area contributed by atoms with Crippen LogP contribution in [0.4, 0.5) is 14.5 Å². The zero-order valence-electron chi connectivity index (χ0n) is 13.8. The Hall–Kier alpha value is -0.950. The van der Waals surface area contributed by atoms with Crippen LogP contribution in [0.15, 0.2) is 24.3 Å². The van der Waals surface area contributed by atoms with Crippen molar-refractivity contribution in [2.75, 3.05) is 50.8 Å². The Balaban J connectivity index is 0.00000208. The van der Waals surface area contributed by atoms with E-state index in [-0.39, 0.29) is 12.4 Å². The second kappa shape index (κ2) is 8.43. The van der Waals surface area contributed by atoms with Crippen molar-refractivity contribution in [3.8, 4) is 0 Å². The van der Waals surface area contributed by atoms with Crippen molar-refractivity contribution in [3.63, 3.8) is 0 Å². The Morgan fingerprint density at radius 2 is 1.62 bits per heavy atom. The number of aliphatic hydroxyl groups is 1. The number of anilines is 1. The summed E-state index contributed by atoms with van der Waals surface area (Å²) >= 11 is 0. The normalized spacial score (nSPS) is 20.7. The molecule has 4 nitrogen and oxygen atoms in total. The fourth-order valence-electron chi connectivity index (χ4n) is 3.59. The number of aliphatic hydroxyl groups excluding tert-OH is 1. The van der Waals surface area contributed by atoms with E-state index in [9.17, 15) is 13.9 Å². The Kier molecular flexibility index (Phi) is 6.80. The van der Waals surface area contributed by atoms with Gasteiger partial charge in [0, 0.05) is 45.0 Å². The van der Waals surface area contributed by atoms with Crippen LogP contribution in [0.2, 0.25) is 0 Å². The minimum absolute atomic E-state index is 0. The van der Waals surface area contributed by atoms with Gasteiger partial charge in [0.15, 0.2) is 0 Å². The van der Waals surface area contributed by atoms with Gasteiger partial charge in [-0.1, -0.05) is 12.1 Å². The van der Waals surface area contributed by atoms with Crippen molar-refractivity contribution >= 4 is 18.1 Å². The fourth-order valence-corrected chi connectivity index (χ4v) is 3.59. The number of rotatable bonds is 5. The maximum atomic E-state index is 14.4. The molecule has 0 amide bonds. The first-order chi connectivity index (χ1) is 11.1. The summed E-state index contributed by atoms with van der Waals surface area (Å²) in [6.07, 6.45) is 2.38. The summed E-state index contributed by atoms with van der Waals surface area (Å²) in [5.41, 5.74) is 1.67. The highest BCUT2D eigenvalue weighted by molar-refractivity contribution is 5.85. The third-order valence-corrected chi connectivity index (χ3v) is 4.81. The highest BCUT2D eigenvalue weighted by Gasteiger charge is 2.43. The molecule has 0 saturated carbocycles. The molecule has 2 heterocycles. The number of benzene rings is 1. The summed E-state index contributed by atoms with van der Waals surface area (Å²) in [5.74, 6) is -3.15. The van der Waals surface area contributed by atoms with E-state index in [2.05, 4.69) is 10.2 Å². The number of hydrogen-bond acceptors (Lipinski definition) is 4. The van der Waals surface area contributed by atoms with E-state index in [0.29, 0.717) is 31.7 Å². The lowest BCUT2D eigenvalue weighted by Gasteiger charge is -2.38. The number of halogens is 3. The molecule has 2 fully saturated rings. The van der Waals surface area contributed by atoms with Gasteiger partial charge in [-0.05, 0) is 30.5 Å². The molecule has 2 N–H and O–H groups in total. The van der Waals surface area contributed by atoms with Gasteiger partial charge in [0.05, 0.1) is 0 Å². The SMILES string of the molecule is Cl.OCC(F)(F)[C@H](c1ccc(N2CCCC2)cc1)N1CCNCC1. The Bertz CT molecular complexity index is 503. The van der Waals surface area contributed by atoms with Gasteiger partial charge in [-0.2, -0.15) is 0 Å². The van der Waals surface area contributed by atoms with E-state index in [1.165, 1.54) is 12.8 Å². The van der Waals surface area contributed by atoms with Crippen molar-refractivity contribution in [1.82, 2.24) is 10.2 Å². The van der Waals surface area contributed by atoms with Crippen LogP contribution in [-0.4, -0.2) is 61.8 Å². The largest absolute Gasteiger partial charge is 0.390 e. The van der Waals surface area contributed by atoms with E-state index in [1.807, 2.05) is 12.1 Å². The van der Waals surface area contributed by atoms with Gasteiger partial charge in [-0.25, -0.2) is 8.78 Å². The molecule has 7 heteroatoms. The molecule has 0 spiro atoms. The lowest BCUT2D eigenvalue weighted by atomic mass is 9.98. The van der Waals surface area contributed by atoms with Crippen molar-refractivity contribution in [2.24, 2.45) is 0 Å². The quantitative estimate of drug-likeness (QED) is 0.844. The van der Waals surface area contributed by atoms with Gasteiger partial charge >= 0.3 is 0 Å². The van der Waals surface area contributed by atoms with E-state index in [0.717, 1.165) is 18.8 Å². The summed E-state index contributed by atoms with van der Waals surface area (Å²) in [5, 5.41) is 12.4. The van der Waals surface area contributed by atoms with Gasteiger partial charge < -0.3 is 15.3 Å². The number of alkyl halides is 2. The van der Waals surface area contributed by atoms with E-state index >= 15 is 0 Å².